The number of sulfonamides is 1. The van der Waals surface area contributed by atoms with E-state index in [-0.39, 0.29) is 18.2 Å². The summed E-state index contributed by atoms with van der Waals surface area (Å²) in [4.78, 5) is 7.79. The molecule has 0 saturated carbocycles. The SMILES string of the molecule is COc1ncc(-c2ccc3nccc(CCO)c3c2)cc1NS(=O)(=O)c1ccc(F)cc1F. The van der Waals surface area contributed by atoms with Crippen LogP contribution in [0.1, 0.15) is 5.56 Å². The average molecular weight is 471 g/mol. The fourth-order valence-electron chi connectivity index (χ4n) is 3.46. The van der Waals surface area contributed by atoms with Gasteiger partial charge in [-0.05, 0) is 53.9 Å². The minimum absolute atomic E-state index is 0.0133. The molecule has 0 aliphatic carbocycles. The van der Waals surface area contributed by atoms with Gasteiger partial charge < -0.3 is 9.84 Å². The molecule has 0 atom stereocenters. The Morgan fingerprint density at radius 2 is 1.85 bits per heavy atom. The molecular formula is C23H19F2N3O4S. The largest absolute Gasteiger partial charge is 0.480 e. The van der Waals surface area contributed by atoms with E-state index in [0.717, 1.165) is 34.2 Å². The second-order valence-corrected chi connectivity index (χ2v) is 8.79. The van der Waals surface area contributed by atoms with Crippen molar-refractivity contribution in [2.45, 2.75) is 11.3 Å². The summed E-state index contributed by atoms with van der Waals surface area (Å²) in [7, 11) is -3.07. The maximum absolute atomic E-state index is 14.1. The number of hydrogen-bond donors (Lipinski definition) is 2. The van der Waals surface area contributed by atoms with Crippen LogP contribution in [0.2, 0.25) is 0 Å². The zero-order chi connectivity index (χ0) is 23.6. The van der Waals surface area contributed by atoms with Gasteiger partial charge >= 0.3 is 0 Å². The lowest BCUT2D eigenvalue weighted by atomic mass is 10.0. The summed E-state index contributed by atoms with van der Waals surface area (Å²) in [5.41, 5.74) is 2.94. The molecular weight excluding hydrogens is 452 g/mol. The van der Waals surface area contributed by atoms with Gasteiger partial charge in [-0.2, -0.15) is 0 Å². The number of nitrogens with one attached hydrogen (secondary N) is 1. The zero-order valence-electron chi connectivity index (χ0n) is 17.4. The lowest BCUT2D eigenvalue weighted by molar-refractivity contribution is 0.300. The van der Waals surface area contributed by atoms with Gasteiger partial charge in [-0.25, -0.2) is 22.2 Å². The molecule has 0 aliphatic rings. The van der Waals surface area contributed by atoms with E-state index in [1.165, 1.54) is 19.4 Å². The van der Waals surface area contributed by atoms with Crippen molar-refractivity contribution >= 4 is 26.6 Å². The maximum Gasteiger partial charge on any atom is 0.264 e. The van der Waals surface area contributed by atoms with Crippen LogP contribution in [0.5, 0.6) is 5.88 Å². The number of anilines is 1. The van der Waals surface area contributed by atoms with Gasteiger partial charge in [0.25, 0.3) is 10.0 Å². The van der Waals surface area contributed by atoms with Crippen LogP contribution in [0.15, 0.2) is 65.8 Å². The molecule has 170 valence electrons. The van der Waals surface area contributed by atoms with E-state index in [1.807, 2.05) is 18.2 Å². The summed E-state index contributed by atoms with van der Waals surface area (Å²) >= 11 is 0. The highest BCUT2D eigenvalue weighted by Crippen LogP contribution is 2.32. The first-order valence-corrected chi connectivity index (χ1v) is 11.3. The quantitative estimate of drug-likeness (QED) is 0.424. The van der Waals surface area contributed by atoms with Crippen LogP contribution >= 0.6 is 0 Å². The number of benzene rings is 2. The van der Waals surface area contributed by atoms with E-state index in [4.69, 9.17) is 4.74 Å². The van der Waals surface area contributed by atoms with Crippen molar-refractivity contribution in [1.29, 1.82) is 0 Å². The Bertz CT molecular complexity index is 1450. The normalized spacial score (nSPS) is 11.5. The van der Waals surface area contributed by atoms with Crippen LogP contribution in [0.4, 0.5) is 14.5 Å². The predicted molar refractivity (Wildman–Crippen MR) is 119 cm³/mol. The van der Waals surface area contributed by atoms with E-state index in [2.05, 4.69) is 14.7 Å². The molecule has 2 N–H and O–H groups in total. The molecule has 0 unspecified atom stereocenters. The minimum Gasteiger partial charge on any atom is -0.480 e. The summed E-state index contributed by atoms with van der Waals surface area (Å²) < 4.78 is 60.2. The number of fused-ring (bicyclic) bond motifs is 1. The maximum atomic E-state index is 14.1. The molecule has 10 heteroatoms. The van der Waals surface area contributed by atoms with Crippen LogP contribution in [-0.4, -0.2) is 37.2 Å². The highest BCUT2D eigenvalue weighted by Gasteiger charge is 2.22. The third-order valence-electron chi connectivity index (χ3n) is 5.02. The summed E-state index contributed by atoms with van der Waals surface area (Å²) in [6, 6.07) is 11.0. The summed E-state index contributed by atoms with van der Waals surface area (Å²) in [6.45, 7) is -0.0146. The van der Waals surface area contributed by atoms with Crippen molar-refractivity contribution in [3.05, 3.63) is 78.1 Å². The second kappa shape index (κ2) is 9.08. The fraction of sp³-hybridized carbons (Fsp3) is 0.130. The summed E-state index contributed by atoms with van der Waals surface area (Å²) in [5, 5.41) is 10.2. The van der Waals surface area contributed by atoms with Crippen LogP contribution in [0, 0.1) is 11.6 Å². The molecule has 2 aromatic heterocycles. The highest BCUT2D eigenvalue weighted by molar-refractivity contribution is 7.92. The van der Waals surface area contributed by atoms with E-state index >= 15 is 0 Å². The van der Waals surface area contributed by atoms with Crippen molar-refractivity contribution in [2.24, 2.45) is 0 Å². The Hall–Kier alpha value is -3.63. The van der Waals surface area contributed by atoms with E-state index < -0.39 is 26.6 Å². The van der Waals surface area contributed by atoms with Gasteiger partial charge in [0, 0.05) is 36.0 Å². The number of methoxy groups -OCH3 is 1. The second-order valence-electron chi connectivity index (χ2n) is 7.14. The number of nitrogens with zero attached hydrogens (tertiary/aromatic N) is 2. The number of ether oxygens (including phenoxy) is 1. The Balaban J connectivity index is 1.76. The van der Waals surface area contributed by atoms with Crippen LogP contribution in [-0.2, 0) is 16.4 Å². The predicted octanol–water partition coefficient (Wildman–Crippen LogP) is 3.92. The van der Waals surface area contributed by atoms with Gasteiger partial charge in [0.2, 0.25) is 5.88 Å². The third-order valence-corrected chi connectivity index (χ3v) is 6.42. The van der Waals surface area contributed by atoms with Gasteiger partial charge in [0.1, 0.15) is 22.2 Å². The molecule has 0 radical (unpaired) electrons. The monoisotopic (exact) mass is 471 g/mol. The molecule has 2 heterocycles. The number of pyridine rings is 2. The van der Waals surface area contributed by atoms with Crippen molar-refractivity contribution < 1.29 is 27.0 Å². The highest BCUT2D eigenvalue weighted by atomic mass is 32.2. The molecule has 4 rings (SSSR count). The molecule has 0 spiro atoms. The van der Waals surface area contributed by atoms with Crippen molar-refractivity contribution in [1.82, 2.24) is 9.97 Å². The first-order valence-electron chi connectivity index (χ1n) is 9.83. The first-order chi connectivity index (χ1) is 15.8. The Morgan fingerprint density at radius 1 is 1.03 bits per heavy atom. The molecule has 2 aromatic carbocycles. The molecule has 0 amide bonds. The number of aromatic nitrogens is 2. The topological polar surface area (TPSA) is 101 Å². The Kier molecular flexibility index (Phi) is 6.21. The number of aliphatic hydroxyl groups excluding tert-OH is 1. The molecule has 7 nitrogen and oxygen atoms in total. The standard InChI is InChI=1S/C23H19F2N3O4S/c1-32-23-21(28-33(30,31)22-5-3-17(24)12-19(22)25)11-16(13-27-23)15-2-4-20-18(10-15)14(7-9-29)6-8-26-20/h2-6,8,10-13,28-29H,7,9H2,1H3. The fourth-order valence-corrected chi connectivity index (χ4v) is 4.57. The average Bonchev–Trinajstić information content (AvgIpc) is 2.78. The summed E-state index contributed by atoms with van der Waals surface area (Å²) in [6.07, 6.45) is 3.64. The molecule has 0 fully saturated rings. The molecule has 4 aromatic rings. The van der Waals surface area contributed by atoms with Crippen LogP contribution in [0.25, 0.3) is 22.0 Å². The van der Waals surface area contributed by atoms with Gasteiger partial charge in [-0.1, -0.05) is 6.07 Å². The van der Waals surface area contributed by atoms with E-state index in [1.54, 1.807) is 12.3 Å². The third kappa shape index (κ3) is 4.62. The lowest BCUT2D eigenvalue weighted by Crippen LogP contribution is -2.15. The van der Waals surface area contributed by atoms with Gasteiger partial charge in [-0.3, -0.25) is 9.71 Å². The minimum atomic E-state index is -4.39. The van der Waals surface area contributed by atoms with Gasteiger partial charge in [0.05, 0.1) is 12.6 Å². The van der Waals surface area contributed by atoms with E-state index in [0.29, 0.717) is 18.1 Å². The molecule has 33 heavy (non-hydrogen) atoms. The van der Waals surface area contributed by atoms with Crippen LogP contribution < -0.4 is 9.46 Å². The smallest absolute Gasteiger partial charge is 0.264 e. The number of hydrogen-bond acceptors (Lipinski definition) is 6. The zero-order valence-corrected chi connectivity index (χ0v) is 18.2. The van der Waals surface area contributed by atoms with Crippen molar-refractivity contribution in [3.8, 4) is 17.0 Å². The number of rotatable bonds is 7. The van der Waals surface area contributed by atoms with E-state index in [9.17, 15) is 22.3 Å². The van der Waals surface area contributed by atoms with Crippen LogP contribution in [0.3, 0.4) is 0 Å². The lowest BCUT2D eigenvalue weighted by Gasteiger charge is -2.14. The van der Waals surface area contributed by atoms with Crippen molar-refractivity contribution in [3.63, 3.8) is 0 Å². The number of aliphatic hydroxyl groups is 1. The Morgan fingerprint density at radius 3 is 2.58 bits per heavy atom. The molecule has 0 bridgehead atoms. The molecule has 0 aliphatic heterocycles. The van der Waals surface area contributed by atoms with Crippen molar-refractivity contribution in [2.75, 3.05) is 18.4 Å². The first kappa shape index (κ1) is 22.6. The summed E-state index contributed by atoms with van der Waals surface area (Å²) in [5.74, 6) is -2.13. The van der Waals surface area contributed by atoms with Gasteiger partial charge in [0.15, 0.2) is 0 Å². The molecule has 0 saturated heterocycles. The number of halogens is 2. The Labute approximate surface area is 188 Å². The van der Waals surface area contributed by atoms with Gasteiger partial charge in [-0.15, -0.1) is 0 Å².